The van der Waals surface area contributed by atoms with E-state index in [0.29, 0.717) is 10.7 Å². The van der Waals surface area contributed by atoms with Crippen molar-refractivity contribution in [3.8, 4) is 5.69 Å². The molecule has 2 unspecified atom stereocenters. The number of rotatable bonds is 7. The Balaban J connectivity index is 1.52. The van der Waals surface area contributed by atoms with Crippen LogP contribution in [0.15, 0.2) is 85.1 Å². The summed E-state index contributed by atoms with van der Waals surface area (Å²) in [6.45, 7) is 4.16. The van der Waals surface area contributed by atoms with Gasteiger partial charge in [-0.3, -0.25) is 9.78 Å². The van der Waals surface area contributed by atoms with Gasteiger partial charge in [0.1, 0.15) is 6.54 Å². The van der Waals surface area contributed by atoms with Crippen molar-refractivity contribution in [3.05, 3.63) is 113 Å². The van der Waals surface area contributed by atoms with Crippen LogP contribution in [0.3, 0.4) is 0 Å². The van der Waals surface area contributed by atoms with E-state index in [1.54, 1.807) is 18.3 Å². The molecule has 3 heterocycles. The maximum atomic E-state index is 13.1. The zero-order valence-electron chi connectivity index (χ0n) is 21.9. The quantitative estimate of drug-likeness (QED) is 0.255. The van der Waals surface area contributed by atoms with Crippen LogP contribution in [0, 0.1) is 13.8 Å². The lowest BCUT2D eigenvalue weighted by molar-refractivity contribution is -0.116. The number of nitrogens with zero attached hydrogens (tertiary/aromatic N) is 3. The summed E-state index contributed by atoms with van der Waals surface area (Å²) >= 11 is 5.76. The summed E-state index contributed by atoms with van der Waals surface area (Å²) in [6.07, 6.45) is 1.76. The number of carbonyl (C=O) groups excluding carboxylic acids is 2. The number of amides is 1. The number of ether oxygens (including phenoxy) is 1. The van der Waals surface area contributed by atoms with Crippen LogP contribution < -0.4 is 10.6 Å². The summed E-state index contributed by atoms with van der Waals surface area (Å²) in [5.74, 6) is -0.541. The molecule has 8 nitrogen and oxygen atoms in total. The first-order valence-corrected chi connectivity index (χ1v) is 13.0. The molecular weight excluding hydrogens is 510 g/mol. The number of anilines is 1. The van der Waals surface area contributed by atoms with Crippen LogP contribution in [0.2, 0.25) is 0 Å². The highest BCUT2D eigenvalue weighted by molar-refractivity contribution is 7.80. The largest absolute Gasteiger partial charge is 0.465 e. The first kappa shape index (κ1) is 26.1. The molecule has 1 aliphatic heterocycles. The molecule has 2 N–H and O–H groups in total. The Bertz CT molecular complexity index is 1500. The van der Waals surface area contributed by atoms with Gasteiger partial charge in [0.15, 0.2) is 5.11 Å². The number of hydrogen-bond donors (Lipinski definition) is 2. The second-order valence-corrected chi connectivity index (χ2v) is 9.76. The van der Waals surface area contributed by atoms with Crippen molar-refractivity contribution in [2.24, 2.45) is 0 Å². The summed E-state index contributed by atoms with van der Waals surface area (Å²) in [5.41, 5.74) is 6.01. The van der Waals surface area contributed by atoms with Crippen molar-refractivity contribution in [2.75, 3.05) is 19.0 Å². The number of pyridine rings is 1. The summed E-state index contributed by atoms with van der Waals surface area (Å²) in [6, 6.07) is 24.1. The van der Waals surface area contributed by atoms with E-state index in [9.17, 15) is 9.59 Å². The molecule has 1 amide bonds. The van der Waals surface area contributed by atoms with Gasteiger partial charge in [-0.2, -0.15) is 0 Å². The number of para-hydroxylation sites is 1. The van der Waals surface area contributed by atoms with Gasteiger partial charge in [0, 0.05) is 29.0 Å². The average Bonchev–Trinajstić information content (AvgIpc) is 3.43. The molecule has 0 saturated carbocycles. The van der Waals surface area contributed by atoms with Crippen molar-refractivity contribution in [1.29, 1.82) is 0 Å². The van der Waals surface area contributed by atoms with Gasteiger partial charge < -0.3 is 24.8 Å². The minimum Gasteiger partial charge on any atom is -0.465 e. The number of thiocarbonyl (C=S) groups is 1. The summed E-state index contributed by atoms with van der Waals surface area (Å²) in [4.78, 5) is 31.6. The van der Waals surface area contributed by atoms with Crippen molar-refractivity contribution < 1.29 is 14.3 Å². The highest BCUT2D eigenvalue weighted by Gasteiger charge is 2.42. The number of nitrogens with one attached hydrogen (secondary N) is 2. The van der Waals surface area contributed by atoms with E-state index in [0.717, 1.165) is 34.0 Å². The van der Waals surface area contributed by atoms with Crippen LogP contribution in [-0.4, -0.2) is 45.1 Å². The van der Waals surface area contributed by atoms with Crippen LogP contribution in [-0.2, 0) is 9.53 Å². The van der Waals surface area contributed by atoms with Crippen molar-refractivity contribution in [1.82, 2.24) is 19.8 Å². The van der Waals surface area contributed by atoms with E-state index in [1.165, 1.54) is 7.11 Å². The number of methoxy groups -OCH3 is 1. The van der Waals surface area contributed by atoms with Crippen LogP contribution in [0.5, 0.6) is 0 Å². The van der Waals surface area contributed by atoms with E-state index >= 15 is 0 Å². The van der Waals surface area contributed by atoms with E-state index in [1.807, 2.05) is 72.5 Å². The Kier molecular flexibility index (Phi) is 7.42. The van der Waals surface area contributed by atoms with Gasteiger partial charge in [-0.05, 0) is 86.2 Å². The Hall–Kier alpha value is -4.50. The van der Waals surface area contributed by atoms with E-state index < -0.39 is 0 Å². The van der Waals surface area contributed by atoms with Gasteiger partial charge in [-0.1, -0.05) is 24.3 Å². The lowest BCUT2D eigenvalue weighted by atomic mass is 9.96. The van der Waals surface area contributed by atoms with Crippen LogP contribution in [0.25, 0.3) is 5.69 Å². The summed E-state index contributed by atoms with van der Waals surface area (Å²) < 4.78 is 6.97. The molecule has 0 aliphatic carbocycles. The van der Waals surface area contributed by atoms with Crippen molar-refractivity contribution in [2.45, 2.75) is 25.9 Å². The third-order valence-electron chi connectivity index (χ3n) is 6.90. The molecule has 4 aromatic rings. The molecule has 2 aromatic heterocycles. The molecule has 1 saturated heterocycles. The maximum Gasteiger partial charge on any atom is 0.337 e. The van der Waals surface area contributed by atoms with Crippen LogP contribution in [0.4, 0.5) is 5.69 Å². The Morgan fingerprint density at radius 2 is 1.74 bits per heavy atom. The first-order chi connectivity index (χ1) is 18.9. The van der Waals surface area contributed by atoms with Gasteiger partial charge in [0.2, 0.25) is 5.91 Å². The Labute approximate surface area is 232 Å². The summed E-state index contributed by atoms with van der Waals surface area (Å²) in [7, 11) is 1.37. The highest BCUT2D eigenvalue weighted by Crippen LogP contribution is 2.41. The summed E-state index contributed by atoms with van der Waals surface area (Å²) in [5, 5.41) is 6.87. The van der Waals surface area contributed by atoms with Gasteiger partial charge in [-0.15, -0.1) is 0 Å². The molecule has 1 fully saturated rings. The van der Waals surface area contributed by atoms with Crippen molar-refractivity contribution >= 4 is 34.9 Å². The number of aryl methyl sites for hydroxylation is 1. The second kappa shape index (κ2) is 11.1. The van der Waals surface area contributed by atoms with Gasteiger partial charge >= 0.3 is 5.97 Å². The fourth-order valence-corrected chi connectivity index (χ4v) is 5.44. The molecule has 9 heteroatoms. The smallest absolute Gasteiger partial charge is 0.337 e. The Morgan fingerprint density at radius 3 is 2.41 bits per heavy atom. The van der Waals surface area contributed by atoms with Crippen molar-refractivity contribution in [3.63, 3.8) is 0 Å². The Morgan fingerprint density at radius 1 is 1.03 bits per heavy atom. The van der Waals surface area contributed by atoms with E-state index in [-0.39, 0.29) is 30.5 Å². The molecular formula is C30H29N5O3S. The van der Waals surface area contributed by atoms with Gasteiger partial charge in [0.05, 0.1) is 30.5 Å². The van der Waals surface area contributed by atoms with Crippen LogP contribution >= 0.6 is 12.2 Å². The predicted molar refractivity (Wildman–Crippen MR) is 154 cm³/mol. The van der Waals surface area contributed by atoms with Gasteiger partial charge in [-0.25, -0.2) is 4.79 Å². The third-order valence-corrected chi connectivity index (χ3v) is 7.26. The number of esters is 1. The maximum absolute atomic E-state index is 13.1. The normalized spacial score (nSPS) is 16.6. The topological polar surface area (TPSA) is 88.5 Å². The number of benzene rings is 2. The zero-order valence-corrected chi connectivity index (χ0v) is 22.7. The van der Waals surface area contributed by atoms with Crippen LogP contribution in [0.1, 0.15) is 45.1 Å². The molecule has 39 heavy (non-hydrogen) atoms. The molecule has 2 aromatic carbocycles. The van der Waals surface area contributed by atoms with E-state index in [4.69, 9.17) is 17.0 Å². The molecule has 0 radical (unpaired) electrons. The van der Waals surface area contributed by atoms with Gasteiger partial charge in [0.25, 0.3) is 0 Å². The predicted octanol–water partition coefficient (Wildman–Crippen LogP) is 4.89. The lowest BCUT2D eigenvalue weighted by Gasteiger charge is -2.27. The third kappa shape index (κ3) is 5.26. The molecule has 0 bridgehead atoms. The standard InChI is InChI=1S/C30H29N5O3S/c1-19-17-24(20(2)35(19)23-14-12-21(13-15-23)29(37)38-3)28-27(25-11-7-8-16-31-25)33-30(39)34(28)18-26(36)32-22-9-5-4-6-10-22/h4-17,27-28H,18H2,1-3H3,(H,32,36)(H,33,39). The lowest BCUT2D eigenvalue weighted by Crippen LogP contribution is -2.37. The monoisotopic (exact) mass is 539 g/mol. The first-order valence-electron chi connectivity index (χ1n) is 12.6. The molecule has 198 valence electrons. The molecule has 0 spiro atoms. The fraction of sp³-hybridized carbons (Fsp3) is 0.200. The minimum absolute atomic E-state index is 0.0756. The number of hydrogen-bond acceptors (Lipinski definition) is 5. The second-order valence-electron chi connectivity index (χ2n) is 9.37. The molecule has 2 atom stereocenters. The molecule has 5 rings (SSSR count). The van der Waals surface area contributed by atoms with E-state index in [2.05, 4.69) is 33.2 Å². The molecule has 1 aliphatic rings. The number of aromatic nitrogens is 2. The number of carbonyl (C=O) groups is 2. The minimum atomic E-state index is -0.378. The SMILES string of the molecule is COC(=O)c1ccc(-n2c(C)cc(C3C(c4ccccn4)NC(=S)N3CC(=O)Nc3ccccc3)c2C)cc1. The fourth-order valence-electron chi connectivity index (χ4n) is 5.14. The average molecular weight is 540 g/mol. The highest BCUT2D eigenvalue weighted by atomic mass is 32.1. The zero-order chi connectivity index (χ0) is 27.5.